The number of sulfonamides is 1. The van der Waals surface area contributed by atoms with Crippen molar-refractivity contribution in [1.29, 1.82) is 0 Å². The number of piperidine rings is 1. The molecule has 0 spiro atoms. The Morgan fingerprint density at radius 2 is 1.96 bits per heavy atom. The highest BCUT2D eigenvalue weighted by molar-refractivity contribution is 7.88. The molecule has 0 radical (unpaired) electrons. The Morgan fingerprint density at radius 1 is 1.24 bits per heavy atom. The monoisotopic (exact) mass is 378 g/mol. The topological polar surface area (TPSA) is 66.5 Å². The van der Waals surface area contributed by atoms with Crippen LogP contribution in [0, 0.1) is 6.92 Å². The molecule has 0 saturated carbocycles. The standard InChI is InChI=1S/C18H22N2O3S2/c1-13-5-7-14(8-6-13)16-9-11-24-17(16)18(21)20-10-3-4-15(12-20)19-25(2,22)23/h5-9,11,15,19H,3-4,10,12H2,1-2H3. The Kier molecular flexibility index (Phi) is 5.27. The van der Waals surface area contributed by atoms with Gasteiger partial charge in [-0.3, -0.25) is 4.79 Å². The van der Waals surface area contributed by atoms with Crippen LogP contribution in [0.4, 0.5) is 0 Å². The fourth-order valence-electron chi connectivity index (χ4n) is 3.14. The van der Waals surface area contributed by atoms with Gasteiger partial charge in [-0.15, -0.1) is 11.3 Å². The van der Waals surface area contributed by atoms with E-state index in [2.05, 4.69) is 4.72 Å². The Hall–Kier alpha value is -1.70. The Labute approximate surface area is 152 Å². The molecule has 0 aliphatic carbocycles. The third kappa shape index (κ3) is 4.48. The first kappa shape index (κ1) is 18.1. The van der Waals surface area contributed by atoms with Crippen molar-refractivity contribution in [3.05, 3.63) is 46.2 Å². The van der Waals surface area contributed by atoms with Gasteiger partial charge in [0.15, 0.2) is 0 Å². The Balaban J connectivity index is 1.80. The van der Waals surface area contributed by atoms with E-state index in [0.29, 0.717) is 18.0 Å². The van der Waals surface area contributed by atoms with Gasteiger partial charge >= 0.3 is 0 Å². The highest BCUT2D eigenvalue weighted by Crippen LogP contribution is 2.30. The van der Waals surface area contributed by atoms with Crippen molar-refractivity contribution < 1.29 is 13.2 Å². The van der Waals surface area contributed by atoms with Crippen LogP contribution in [-0.2, 0) is 10.0 Å². The minimum Gasteiger partial charge on any atom is -0.336 e. The molecule has 5 nitrogen and oxygen atoms in total. The van der Waals surface area contributed by atoms with E-state index >= 15 is 0 Å². The van der Waals surface area contributed by atoms with Gasteiger partial charge in [0.1, 0.15) is 0 Å². The van der Waals surface area contributed by atoms with Gasteiger partial charge in [0.05, 0.1) is 11.1 Å². The van der Waals surface area contributed by atoms with E-state index in [0.717, 1.165) is 30.2 Å². The number of hydrogen-bond acceptors (Lipinski definition) is 4. The molecule has 7 heteroatoms. The average molecular weight is 379 g/mol. The summed E-state index contributed by atoms with van der Waals surface area (Å²) in [5.74, 6) is -0.0226. The summed E-state index contributed by atoms with van der Waals surface area (Å²) in [5.41, 5.74) is 3.14. The third-order valence-corrected chi connectivity index (χ3v) is 5.98. The van der Waals surface area contributed by atoms with Gasteiger partial charge in [0.2, 0.25) is 10.0 Å². The molecule has 1 atom stereocenters. The molecular weight excluding hydrogens is 356 g/mol. The summed E-state index contributed by atoms with van der Waals surface area (Å²) < 4.78 is 25.5. The van der Waals surface area contributed by atoms with E-state index in [1.54, 1.807) is 4.90 Å². The lowest BCUT2D eigenvalue weighted by atomic mass is 10.0. The molecule has 1 N–H and O–H groups in total. The molecule has 1 aliphatic rings. The Bertz CT molecular complexity index is 857. The van der Waals surface area contributed by atoms with Gasteiger partial charge in [-0.2, -0.15) is 0 Å². The summed E-state index contributed by atoms with van der Waals surface area (Å²) in [6.07, 6.45) is 2.71. The number of thiophene rings is 1. The maximum atomic E-state index is 13.0. The normalized spacial score (nSPS) is 18.3. The highest BCUT2D eigenvalue weighted by atomic mass is 32.2. The summed E-state index contributed by atoms with van der Waals surface area (Å²) in [6, 6.07) is 9.88. The maximum Gasteiger partial charge on any atom is 0.264 e. The fourth-order valence-corrected chi connectivity index (χ4v) is 4.82. The van der Waals surface area contributed by atoms with Crippen LogP contribution >= 0.6 is 11.3 Å². The molecule has 1 aliphatic heterocycles. The number of amides is 1. The van der Waals surface area contributed by atoms with Crippen molar-refractivity contribution in [2.24, 2.45) is 0 Å². The number of nitrogens with one attached hydrogen (secondary N) is 1. The number of hydrogen-bond donors (Lipinski definition) is 1. The quantitative estimate of drug-likeness (QED) is 0.890. The van der Waals surface area contributed by atoms with Crippen LogP contribution in [-0.4, -0.2) is 44.6 Å². The van der Waals surface area contributed by atoms with E-state index in [-0.39, 0.29) is 11.9 Å². The zero-order valence-electron chi connectivity index (χ0n) is 14.4. The van der Waals surface area contributed by atoms with Crippen molar-refractivity contribution in [2.75, 3.05) is 19.3 Å². The van der Waals surface area contributed by atoms with Gasteiger partial charge in [-0.25, -0.2) is 13.1 Å². The number of aryl methyl sites for hydroxylation is 1. The molecule has 1 aromatic carbocycles. The predicted molar refractivity (Wildman–Crippen MR) is 101 cm³/mol. The number of rotatable bonds is 4. The number of likely N-dealkylation sites (tertiary alicyclic amines) is 1. The summed E-state index contributed by atoms with van der Waals surface area (Å²) in [7, 11) is -3.27. The zero-order chi connectivity index (χ0) is 18.0. The van der Waals surface area contributed by atoms with E-state index in [4.69, 9.17) is 0 Å². The van der Waals surface area contributed by atoms with Crippen molar-refractivity contribution in [3.63, 3.8) is 0 Å². The second kappa shape index (κ2) is 7.27. The SMILES string of the molecule is Cc1ccc(-c2ccsc2C(=O)N2CCCC(NS(C)(=O)=O)C2)cc1. The fraction of sp³-hybridized carbons (Fsp3) is 0.389. The van der Waals surface area contributed by atoms with Crippen LogP contribution in [0.3, 0.4) is 0 Å². The minimum absolute atomic E-state index is 0.0226. The molecule has 1 aromatic heterocycles. The first-order chi connectivity index (χ1) is 11.8. The summed E-state index contributed by atoms with van der Waals surface area (Å²) >= 11 is 1.43. The molecule has 0 bridgehead atoms. The lowest BCUT2D eigenvalue weighted by Gasteiger charge is -2.32. The molecule has 3 rings (SSSR count). The molecule has 1 fully saturated rings. The average Bonchev–Trinajstić information content (AvgIpc) is 3.03. The molecule has 1 unspecified atom stereocenters. The first-order valence-electron chi connectivity index (χ1n) is 8.24. The predicted octanol–water partition coefficient (Wildman–Crippen LogP) is 2.88. The minimum atomic E-state index is -3.27. The van der Waals surface area contributed by atoms with E-state index < -0.39 is 10.0 Å². The molecule has 134 valence electrons. The van der Waals surface area contributed by atoms with E-state index in [9.17, 15) is 13.2 Å². The highest BCUT2D eigenvalue weighted by Gasteiger charge is 2.28. The summed E-state index contributed by atoms with van der Waals surface area (Å²) in [4.78, 5) is 15.5. The van der Waals surface area contributed by atoms with Crippen molar-refractivity contribution in [3.8, 4) is 11.1 Å². The van der Waals surface area contributed by atoms with Gasteiger partial charge in [-0.1, -0.05) is 29.8 Å². The van der Waals surface area contributed by atoms with Gasteiger partial charge in [0, 0.05) is 24.7 Å². The second-order valence-electron chi connectivity index (χ2n) is 6.51. The van der Waals surface area contributed by atoms with Gasteiger partial charge in [0.25, 0.3) is 5.91 Å². The zero-order valence-corrected chi connectivity index (χ0v) is 16.0. The number of carbonyl (C=O) groups is 1. The van der Waals surface area contributed by atoms with Crippen LogP contribution in [0.15, 0.2) is 35.7 Å². The molecular formula is C18H22N2O3S2. The Morgan fingerprint density at radius 3 is 2.64 bits per heavy atom. The van der Waals surface area contributed by atoms with Crippen LogP contribution in [0.5, 0.6) is 0 Å². The molecule has 1 amide bonds. The number of benzene rings is 1. The van der Waals surface area contributed by atoms with Gasteiger partial charge < -0.3 is 4.90 Å². The lowest BCUT2D eigenvalue weighted by molar-refractivity contribution is 0.0709. The first-order valence-corrected chi connectivity index (χ1v) is 11.0. The van der Waals surface area contributed by atoms with E-state index in [1.165, 1.54) is 16.9 Å². The lowest BCUT2D eigenvalue weighted by Crippen LogP contribution is -2.49. The van der Waals surface area contributed by atoms with Crippen LogP contribution in [0.1, 0.15) is 28.1 Å². The van der Waals surface area contributed by atoms with Crippen molar-refractivity contribution in [1.82, 2.24) is 9.62 Å². The van der Waals surface area contributed by atoms with E-state index in [1.807, 2.05) is 42.6 Å². The molecule has 25 heavy (non-hydrogen) atoms. The largest absolute Gasteiger partial charge is 0.336 e. The maximum absolute atomic E-state index is 13.0. The van der Waals surface area contributed by atoms with Crippen LogP contribution < -0.4 is 4.72 Å². The van der Waals surface area contributed by atoms with Crippen molar-refractivity contribution in [2.45, 2.75) is 25.8 Å². The van der Waals surface area contributed by atoms with Crippen LogP contribution in [0.25, 0.3) is 11.1 Å². The smallest absolute Gasteiger partial charge is 0.264 e. The third-order valence-electron chi connectivity index (χ3n) is 4.31. The summed E-state index contributed by atoms with van der Waals surface area (Å²) in [5, 5.41) is 1.93. The van der Waals surface area contributed by atoms with Crippen molar-refractivity contribution >= 4 is 27.3 Å². The number of nitrogens with zero attached hydrogens (tertiary/aromatic N) is 1. The molecule has 1 saturated heterocycles. The molecule has 2 aromatic rings. The van der Waals surface area contributed by atoms with Crippen LogP contribution in [0.2, 0.25) is 0 Å². The van der Waals surface area contributed by atoms with Gasteiger partial charge in [-0.05, 0) is 36.8 Å². The second-order valence-corrected chi connectivity index (χ2v) is 9.21. The molecule has 2 heterocycles. The number of carbonyl (C=O) groups excluding carboxylic acids is 1. The summed E-state index contributed by atoms with van der Waals surface area (Å²) in [6.45, 7) is 3.11.